The maximum absolute atomic E-state index is 13.9. The van der Waals surface area contributed by atoms with Gasteiger partial charge >= 0.3 is 0 Å². The van der Waals surface area contributed by atoms with Gasteiger partial charge in [0.2, 0.25) is 0 Å². The minimum absolute atomic E-state index is 0.309. The van der Waals surface area contributed by atoms with Gasteiger partial charge in [-0.05, 0) is 23.8 Å². The molecule has 2 unspecified atom stereocenters. The number of hydrogen-bond donors (Lipinski definition) is 2. The molecule has 24 heavy (non-hydrogen) atoms. The summed E-state index contributed by atoms with van der Waals surface area (Å²) in [6.07, 6.45) is -0.414. The topological polar surface area (TPSA) is 50.7 Å². The van der Waals surface area contributed by atoms with Gasteiger partial charge in [0.1, 0.15) is 17.2 Å². The van der Waals surface area contributed by atoms with Crippen LogP contribution in [0.3, 0.4) is 0 Å². The Balaban J connectivity index is 1.98. The summed E-state index contributed by atoms with van der Waals surface area (Å²) < 4.78 is 25.4. The lowest BCUT2D eigenvalue weighted by molar-refractivity contribution is -0.0987. The summed E-state index contributed by atoms with van der Waals surface area (Å²) in [6, 6.07) is 13.8. The number of aliphatic hydroxyl groups is 1. The zero-order valence-electron chi connectivity index (χ0n) is 13.7. The van der Waals surface area contributed by atoms with Crippen LogP contribution in [-0.2, 0) is 10.3 Å². The van der Waals surface area contributed by atoms with Crippen molar-refractivity contribution in [3.8, 4) is 5.75 Å². The molecule has 1 aliphatic rings. The smallest absolute Gasteiger partial charge is 0.125 e. The van der Waals surface area contributed by atoms with E-state index >= 15 is 0 Å². The van der Waals surface area contributed by atoms with Crippen molar-refractivity contribution in [2.45, 2.75) is 18.1 Å². The molecule has 128 valence electrons. The van der Waals surface area contributed by atoms with Gasteiger partial charge in [0, 0.05) is 25.1 Å². The van der Waals surface area contributed by atoms with Crippen LogP contribution in [0.4, 0.5) is 4.39 Å². The molecule has 1 aliphatic heterocycles. The zero-order chi connectivity index (χ0) is 17.0. The van der Waals surface area contributed by atoms with E-state index in [0.29, 0.717) is 30.9 Å². The Bertz CT molecular complexity index is 672. The fraction of sp³-hybridized carbons (Fsp3) is 0.368. The average Bonchev–Trinajstić information content (AvgIpc) is 2.63. The van der Waals surface area contributed by atoms with E-state index in [2.05, 4.69) is 5.32 Å². The number of halogens is 1. The molecule has 0 saturated carbocycles. The number of rotatable bonds is 5. The second kappa shape index (κ2) is 7.30. The van der Waals surface area contributed by atoms with Crippen LogP contribution < -0.4 is 10.1 Å². The Kier molecular flexibility index (Phi) is 5.14. The number of hydrogen-bond acceptors (Lipinski definition) is 4. The quantitative estimate of drug-likeness (QED) is 0.885. The van der Waals surface area contributed by atoms with E-state index in [1.165, 1.54) is 12.1 Å². The average molecular weight is 331 g/mol. The molecular formula is C19H22FNO3. The summed E-state index contributed by atoms with van der Waals surface area (Å²) in [7, 11) is 1.55. The normalized spacial score (nSPS) is 22.1. The molecule has 0 aliphatic carbocycles. The molecule has 0 radical (unpaired) electrons. The molecule has 2 aromatic carbocycles. The molecule has 2 N–H and O–H groups in total. The van der Waals surface area contributed by atoms with E-state index in [9.17, 15) is 9.50 Å². The van der Waals surface area contributed by atoms with Crippen molar-refractivity contribution < 1.29 is 19.0 Å². The monoisotopic (exact) mass is 331 g/mol. The zero-order valence-corrected chi connectivity index (χ0v) is 13.7. The van der Waals surface area contributed by atoms with Gasteiger partial charge in [-0.15, -0.1) is 0 Å². The number of benzene rings is 2. The third-order valence-electron chi connectivity index (χ3n) is 4.43. The summed E-state index contributed by atoms with van der Waals surface area (Å²) in [4.78, 5) is 0. The predicted molar refractivity (Wildman–Crippen MR) is 89.5 cm³/mol. The number of nitrogens with one attached hydrogen (secondary N) is 1. The highest BCUT2D eigenvalue weighted by Gasteiger charge is 2.40. The number of morpholine rings is 1. The van der Waals surface area contributed by atoms with Gasteiger partial charge in [-0.25, -0.2) is 4.39 Å². The molecule has 3 rings (SSSR count). The number of aliphatic hydroxyl groups excluding tert-OH is 1. The van der Waals surface area contributed by atoms with Crippen LogP contribution in [0.1, 0.15) is 23.7 Å². The summed E-state index contributed by atoms with van der Waals surface area (Å²) in [5.74, 6) is 0.203. The Hall–Kier alpha value is -1.95. The van der Waals surface area contributed by atoms with Gasteiger partial charge in [0.25, 0.3) is 0 Å². The van der Waals surface area contributed by atoms with Crippen molar-refractivity contribution in [3.05, 3.63) is 65.5 Å². The first-order chi connectivity index (χ1) is 11.6. The largest absolute Gasteiger partial charge is 0.496 e. The molecule has 0 bridgehead atoms. The maximum atomic E-state index is 13.9. The van der Waals surface area contributed by atoms with Crippen LogP contribution in [0, 0.1) is 5.82 Å². The van der Waals surface area contributed by atoms with Crippen LogP contribution >= 0.6 is 0 Å². The predicted octanol–water partition coefficient (Wildman–Crippen LogP) is 2.77. The highest BCUT2D eigenvalue weighted by molar-refractivity contribution is 5.40. The summed E-state index contributed by atoms with van der Waals surface area (Å²) in [5, 5.41) is 14.0. The fourth-order valence-corrected chi connectivity index (χ4v) is 3.22. The first-order valence-electron chi connectivity index (χ1n) is 8.06. The molecular weight excluding hydrogens is 309 g/mol. The molecule has 0 spiro atoms. The Morgan fingerprint density at radius 2 is 2.08 bits per heavy atom. The van der Waals surface area contributed by atoms with Crippen molar-refractivity contribution >= 4 is 0 Å². The Labute approximate surface area is 141 Å². The molecule has 2 atom stereocenters. The molecule has 1 heterocycles. The molecule has 0 aromatic heterocycles. The minimum atomic E-state index is -0.846. The van der Waals surface area contributed by atoms with Gasteiger partial charge in [-0.2, -0.15) is 0 Å². The van der Waals surface area contributed by atoms with Gasteiger partial charge in [0.15, 0.2) is 0 Å². The van der Waals surface area contributed by atoms with Gasteiger partial charge < -0.3 is 19.9 Å². The highest BCUT2D eigenvalue weighted by atomic mass is 19.1. The van der Waals surface area contributed by atoms with Crippen LogP contribution in [0.15, 0.2) is 48.5 Å². The first kappa shape index (κ1) is 16.9. The van der Waals surface area contributed by atoms with Crippen LogP contribution in [0.2, 0.25) is 0 Å². The van der Waals surface area contributed by atoms with Crippen molar-refractivity contribution in [3.63, 3.8) is 0 Å². The SMILES string of the molecule is COc1ccc(F)cc1C1(CC(O)c2ccccc2)CNCCO1. The van der Waals surface area contributed by atoms with E-state index in [1.54, 1.807) is 13.2 Å². The molecule has 1 saturated heterocycles. The molecule has 5 heteroatoms. The lowest BCUT2D eigenvalue weighted by Crippen LogP contribution is -2.48. The van der Waals surface area contributed by atoms with Crippen LogP contribution in [-0.4, -0.2) is 31.9 Å². The van der Waals surface area contributed by atoms with E-state index in [0.717, 1.165) is 12.1 Å². The van der Waals surface area contributed by atoms with E-state index in [-0.39, 0.29) is 5.82 Å². The third-order valence-corrected chi connectivity index (χ3v) is 4.43. The van der Waals surface area contributed by atoms with E-state index < -0.39 is 11.7 Å². The van der Waals surface area contributed by atoms with Crippen LogP contribution in [0.25, 0.3) is 0 Å². The van der Waals surface area contributed by atoms with Gasteiger partial charge in [-0.3, -0.25) is 0 Å². The van der Waals surface area contributed by atoms with Gasteiger partial charge in [-0.1, -0.05) is 30.3 Å². The van der Waals surface area contributed by atoms with E-state index in [4.69, 9.17) is 9.47 Å². The van der Waals surface area contributed by atoms with Crippen molar-refractivity contribution in [2.75, 3.05) is 26.8 Å². The molecule has 1 fully saturated rings. The second-order valence-electron chi connectivity index (χ2n) is 5.99. The van der Waals surface area contributed by atoms with Gasteiger partial charge in [0.05, 0.1) is 19.8 Å². The molecule has 2 aromatic rings. The lowest BCUT2D eigenvalue weighted by Gasteiger charge is -2.40. The van der Waals surface area contributed by atoms with Crippen LogP contribution in [0.5, 0.6) is 5.75 Å². The fourth-order valence-electron chi connectivity index (χ4n) is 3.22. The standard InChI is InChI=1S/C19H22FNO3/c1-23-18-8-7-15(20)11-16(18)19(13-21-9-10-24-19)12-17(22)14-5-3-2-4-6-14/h2-8,11,17,21-22H,9-10,12-13H2,1H3. The Morgan fingerprint density at radius 3 is 2.75 bits per heavy atom. The van der Waals surface area contributed by atoms with E-state index in [1.807, 2.05) is 30.3 Å². The number of methoxy groups -OCH3 is 1. The summed E-state index contributed by atoms with van der Waals surface area (Å²) in [5.41, 5.74) is 0.578. The van der Waals surface area contributed by atoms with Crippen molar-refractivity contribution in [1.82, 2.24) is 5.32 Å². The Morgan fingerprint density at radius 1 is 1.29 bits per heavy atom. The summed E-state index contributed by atoms with van der Waals surface area (Å²) >= 11 is 0. The number of ether oxygens (including phenoxy) is 2. The van der Waals surface area contributed by atoms with Crippen molar-refractivity contribution in [2.24, 2.45) is 0 Å². The maximum Gasteiger partial charge on any atom is 0.125 e. The minimum Gasteiger partial charge on any atom is -0.496 e. The molecule has 0 amide bonds. The lowest BCUT2D eigenvalue weighted by atomic mass is 9.84. The summed E-state index contributed by atoms with van der Waals surface area (Å²) in [6.45, 7) is 1.69. The second-order valence-corrected chi connectivity index (χ2v) is 5.99. The third kappa shape index (κ3) is 3.43. The first-order valence-corrected chi connectivity index (χ1v) is 8.06. The highest BCUT2D eigenvalue weighted by Crippen LogP contribution is 2.41. The van der Waals surface area contributed by atoms with Crippen molar-refractivity contribution in [1.29, 1.82) is 0 Å². The molecule has 4 nitrogen and oxygen atoms in total.